The first-order chi connectivity index (χ1) is 13.4. The molecule has 1 amide bonds. The van der Waals surface area contributed by atoms with Gasteiger partial charge in [0.1, 0.15) is 23.7 Å². The van der Waals surface area contributed by atoms with E-state index in [1.54, 1.807) is 23.5 Å². The van der Waals surface area contributed by atoms with Gasteiger partial charge in [-0.1, -0.05) is 11.6 Å². The first-order valence-corrected chi connectivity index (χ1v) is 9.47. The quantitative estimate of drug-likeness (QED) is 0.660. The van der Waals surface area contributed by atoms with E-state index in [4.69, 9.17) is 21.1 Å². The fourth-order valence-corrected chi connectivity index (χ4v) is 3.62. The number of benzene rings is 1. The molecule has 7 nitrogen and oxygen atoms in total. The summed E-state index contributed by atoms with van der Waals surface area (Å²) in [5.74, 6) is 0.375. The predicted molar refractivity (Wildman–Crippen MR) is 110 cm³/mol. The summed E-state index contributed by atoms with van der Waals surface area (Å²) < 4.78 is 11.5. The van der Waals surface area contributed by atoms with E-state index in [1.165, 1.54) is 26.4 Å². The topological polar surface area (TPSA) is 82.4 Å². The van der Waals surface area contributed by atoms with Gasteiger partial charge in [-0.25, -0.2) is 4.68 Å². The number of ether oxygens (including phenoxy) is 2. The molecule has 146 valence electrons. The van der Waals surface area contributed by atoms with Gasteiger partial charge in [-0.15, -0.1) is 11.3 Å². The van der Waals surface area contributed by atoms with Gasteiger partial charge < -0.3 is 14.8 Å². The molecule has 0 aliphatic carbocycles. The van der Waals surface area contributed by atoms with Gasteiger partial charge in [0.2, 0.25) is 5.91 Å². The van der Waals surface area contributed by atoms with E-state index in [2.05, 4.69) is 10.4 Å². The van der Waals surface area contributed by atoms with Crippen LogP contribution in [-0.2, 0) is 11.3 Å². The van der Waals surface area contributed by atoms with E-state index >= 15 is 0 Å². The number of carbonyl (C=O) groups is 1. The molecule has 9 heteroatoms. The van der Waals surface area contributed by atoms with E-state index in [0.717, 1.165) is 14.4 Å². The van der Waals surface area contributed by atoms with Crippen LogP contribution in [0.15, 0.2) is 41.2 Å². The Balaban J connectivity index is 1.82. The molecule has 0 saturated heterocycles. The summed E-state index contributed by atoms with van der Waals surface area (Å²) in [7, 11) is 2.95. The Bertz CT molecular complexity index is 1080. The smallest absolute Gasteiger partial charge is 0.267 e. The zero-order chi connectivity index (χ0) is 20.3. The summed E-state index contributed by atoms with van der Waals surface area (Å²) in [6.45, 7) is 1.74. The van der Waals surface area contributed by atoms with E-state index in [1.807, 2.05) is 19.1 Å². The maximum Gasteiger partial charge on any atom is 0.267 e. The van der Waals surface area contributed by atoms with Crippen LogP contribution in [-0.4, -0.2) is 29.9 Å². The number of rotatable bonds is 6. The Morgan fingerprint density at radius 1 is 1.18 bits per heavy atom. The number of carbonyl (C=O) groups excluding carboxylic acids is 1. The van der Waals surface area contributed by atoms with Crippen LogP contribution in [0.2, 0.25) is 5.02 Å². The number of halogens is 1. The van der Waals surface area contributed by atoms with Crippen LogP contribution in [0.4, 0.5) is 5.69 Å². The summed E-state index contributed by atoms with van der Waals surface area (Å²) >= 11 is 7.69. The first kappa shape index (κ1) is 19.9. The van der Waals surface area contributed by atoms with Crippen LogP contribution < -0.4 is 20.3 Å². The van der Waals surface area contributed by atoms with Gasteiger partial charge in [-0.2, -0.15) is 5.10 Å². The summed E-state index contributed by atoms with van der Waals surface area (Å²) in [5, 5.41) is 7.32. The molecule has 2 heterocycles. The number of hydrogen-bond donors (Lipinski definition) is 1. The third-order valence-corrected chi connectivity index (χ3v) is 5.22. The molecule has 28 heavy (non-hydrogen) atoms. The third kappa shape index (κ3) is 4.35. The highest BCUT2D eigenvalue weighted by molar-refractivity contribution is 7.15. The second-order valence-electron chi connectivity index (χ2n) is 5.86. The number of amides is 1. The number of nitrogens with one attached hydrogen (secondary N) is 1. The fourth-order valence-electron chi connectivity index (χ4n) is 2.55. The number of hydrogen-bond acceptors (Lipinski definition) is 6. The van der Waals surface area contributed by atoms with E-state index in [0.29, 0.717) is 27.9 Å². The second kappa shape index (κ2) is 8.45. The Morgan fingerprint density at radius 3 is 2.57 bits per heavy atom. The molecule has 1 N–H and O–H groups in total. The van der Waals surface area contributed by atoms with Gasteiger partial charge in [0.05, 0.1) is 29.8 Å². The minimum Gasteiger partial charge on any atom is -0.495 e. The minimum absolute atomic E-state index is 0.246. The number of nitrogens with zero attached hydrogens (tertiary/aromatic N) is 2. The molecule has 3 aromatic rings. The van der Waals surface area contributed by atoms with Gasteiger partial charge in [-0.05, 0) is 31.2 Å². The van der Waals surface area contributed by atoms with Crippen LogP contribution in [0.1, 0.15) is 4.88 Å². The van der Waals surface area contributed by atoms with Crippen LogP contribution in [0, 0.1) is 6.92 Å². The van der Waals surface area contributed by atoms with Crippen molar-refractivity contribution in [1.82, 2.24) is 9.78 Å². The van der Waals surface area contributed by atoms with Crippen molar-refractivity contribution in [3.8, 4) is 22.1 Å². The summed E-state index contributed by atoms with van der Waals surface area (Å²) in [6.07, 6.45) is 0. The molecular weight excluding hydrogens is 402 g/mol. The van der Waals surface area contributed by atoms with E-state index in [9.17, 15) is 9.59 Å². The molecule has 0 bridgehead atoms. The standard InChI is InChI=1S/C19H18ClN3O4S/c1-11-4-6-17(28-11)13-5-7-19(25)23(22-13)10-18(24)21-14-8-12(20)15(26-2)9-16(14)27-3/h4-9H,10H2,1-3H3,(H,21,24). The van der Waals surface area contributed by atoms with Crippen LogP contribution in [0.3, 0.4) is 0 Å². The van der Waals surface area contributed by atoms with Crippen molar-refractivity contribution in [2.45, 2.75) is 13.5 Å². The normalized spacial score (nSPS) is 10.6. The lowest BCUT2D eigenvalue weighted by Crippen LogP contribution is -2.29. The molecule has 0 radical (unpaired) electrons. The molecule has 1 aromatic carbocycles. The Labute approximate surface area is 170 Å². The Morgan fingerprint density at radius 2 is 1.93 bits per heavy atom. The van der Waals surface area contributed by atoms with Gasteiger partial charge in [0.15, 0.2) is 0 Å². The Hall–Kier alpha value is -2.84. The van der Waals surface area contributed by atoms with Crippen molar-refractivity contribution in [2.24, 2.45) is 0 Å². The summed E-state index contributed by atoms with van der Waals surface area (Å²) in [5.41, 5.74) is 0.638. The van der Waals surface area contributed by atoms with Crippen molar-refractivity contribution in [2.75, 3.05) is 19.5 Å². The van der Waals surface area contributed by atoms with Crippen molar-refractivity contribution in [1.29, 1.82) is 0 Å². The number of thiophene rings is 1. The van der Waals surface area contributed by atoms with Crippen LogP contribution in [0.25, 0.3) is 10.6 Å². The molecule has 0 aliphatic heterocycles. The molecular formula is C19H18ClN3O4S. The molecule has 0 spiro atoms. The fraction of sp³-hybridized carbons (Fsp3) is 0.211. The average Bonchev–Trinajstić information content (AvgIpc) is 3.10. The molecule has 0 fully saturated rings. The maximum atomic E-state index is 12.5. The highest BCUT2D eigenvalue weighted by atomic mass is 35.5. The summed E-state index contributed by atoms with van der Waals surface area (Å²) in [4.78, 5) is 26.7. The highest BCUT2D eigenvalue weighted by Crippen LogP contribution is 2.35. The van der Waals surface area contributed by atoms with Crippen molar-refractivity contribution in [3.63, 3.8) is 0 Å². The maximum absolute atomic E-state index is 12.5. The van der Waals surface area contributed by atoms with Gasteiger partial charge in [0.25, 0.3) is 5.56 Å². The highest BCUT2D eigenvalue weighted by Gasteiger charge is 2.14. The van der Waals surface area contributed by atoms with Gasteiger partial charge in [0, 0.05) is 17.0 Å². The number of anilines is 1. The third-order valence-electron chi connectivity index (χ3n) is 3.90. The van der Waals surface area contributed by atoms with Crippen LogP contribution in [0.5, 0.6) is 11.5 Å². The van der Waals surface area contributed by atoms with Crippen molar-refractivity contribution in [3.05, 3.63) is 56.7 Å². The zero-order valence-electron chi connectivity index (χ0n) is 15.5. The predicted octanol–water partition coefficient (Wildman–Crippen LogP) is 3.59. The lowest BCUT2D eigenvalue weighted by Gasteiger charge is -2.13. The van der Waals surface area contributed by atoms with Crippen molar-refractivity contribution >= 4 is 34.5 Å². The largest absolute Gasteiger partial charge is 0.495 e. The zero-order valence-corrected chi connectivity index (χ0v) is 17.1. The number of aromatic nitrogens is 2. The molecule has 0 aliphatic rings. The molecule has 0 saturated carbocycles. The van der Waals surface area contributed by atoms with Crippen LogP contribution >= 0.6 is 22.9 Å². The average molecular weight is 420 g/mol. The van der Waals surface area contributed by atoms with Crippen molar-refractivity contribution < 1.29 is 14.3 Å². The monoisotopic (exact) mass is 419 g/mol. The molecule has 3 rings (SSSR count). The summed E-state index contributed by atoms with van der Waals surface area (Å²) in [6, 6.07) is 10.1. The Kier molecular flexibility index (Phi) is 6.01. The minimum atomic E-state index is -0.436. The van der Waals surface area contributed by atoms with E-state index < -0.39 is 5.91 Å². The van der Waals surface area contributed by atoms with E-state index in [-0.39, 0.29) is 12.1 Å². The first-order valence-electron chi connectivity index (χ1n) is 8.27. The molecule has 2 aromatic heterocycles. The molecule has 0 unspecified atom stereocenters. The second-order valence-corrected chi connectivity index (χ2v) is 7.56. The number of aryl methyl sites for hydroxylation is 1. The van der Waals surface area contributed by atoms with Gasteiger partial charge in [-0.3, -0.25) is 9.59 Å². The lowest BCUT2D eigenvalue weighted by atomic mass is 10.2. The number of methoxy groups -OCH3 is 2. The lowest BCUT2D eigenvalue weighted by molar-refractivity contribution is -0.117. The van der Waals surface area contributed by atoms with Gasteiger partial charge >= 0.3 is 0 Å². The molecule has 0 atom stereocenters. The SMILES string of the molecule is COc1cc(OC)c(NC(=O)Cn2nc(-c3ccc(C)s3)ccc2=O)cc1Cl.